The highest BCUT2D eigenvalue weighted by Crippen LogP contribution is 2.10. The number of rotatable bonds is 8. The Labute approximate surface area is 156 Å². The Hall–Kier alpha value is -3.48. The van der Waals surface area contributed by atoms with Gasteiger partial charge in [0.2, 0.25) is 0 Å². The van der Waals surface area contributed by atoms with Crippen LogP contribution in [0.1, 0.15) is 33.6 Å². The number of hydrogen-bond donors (Lipinski definition) is 1. The van der Waals surface area contributed by atoms with Crippen LogP contribution in [-0.2, 0) is 19.1 Å². The van der Waals surface area contributed by atoms with Crippen LogP contribution in [0.3, 0.4) is 0 Å². The maximum atomic E-state index is 11.9. The van der Waals surface area contributed by atoms with E-state index < -0.39 is 24.5 Å². The molecule has 0 aromatic heterocycles. The first-order chi connectivity index (χ1) is 13.0. The minimum atomic E-state index is -0.629. The summed E-state index contributed by atoms with van der Waals surface area (Å²) in [4.78, 5) is 46.7. The van der Waals surface area contributed by atoms with Crippen molar-refractivity contribution in [2.24, 2.45) is 0 Å². The van der Waals surface area contributed by atoms with Gasteiger partial charge in [-0.15, -0.1) is 0 Å². The highest BCUT2D eigenvalue weighted by Gasteiger charge is 2.12. The lowest BCUT2D eigenvalue weighted by atomic mass is 10.1. The summed E-state index contributed by atoms with van der Waals surface area (Å²) in [6.07, 6.45) is -0.0890. The summed E-state index contributed by atoms with van der Waals surface area (Å²) in [6.45, 7) is -0.461. The second-order valence-electron chi connectivity index (χ2n) is 5.57. The van der Waals surface area contributed by atoms with Crippen LogP contribution in [0.25, 0.3) is 0 Å². The summed E-state index contributed by atoms with van der Waals surface area (Å²) in [5, 5.41) is 2.54. The number of carbonyl (C=O) groups excluding carboxylic acids is 4. The Morgan fingerprint density at radius 1 is 0.852 bits per heavy atom. The molecule has 2 aromatic rings. The largest absolute Gasteiger partial charge is 0.465 e. The molecule has 2 aromatic carbocycles. The molecule has 2 rings (SSSR count). The van der Waals surface area contributed by atoms with E-state index in [0.717, 1.165) is 0 Å². The van der Waals surface area contributed by atoms with Crippen LogP contribution in [0.5, 0.6) is 0 Å². The lowest BCUT2D eigenvalue weighted by molar-refractivity contribution is -0.147. The van der Waals surface area contributed by atoms with Gasteiger partial charge >= 0.3 is 11.9 Å². The van der Waals surface area contributed by atoms with Crippen molar-refractivity contribution in [2.45, 2.75) is 12.8 Å². The minimum Gasteiger partial charge on any atom is -0.465 e. The summed E-state index contributed by atoms with van der Waals surface area (Å²) >= 11 is 0. The number of benzene rings is 2. The number of hydrogen-bond acceptors (Lipinski definition) is 6. The summed E-state index contributed by atoms with van der Waals surface area (Å²) in [5.41, 5.74) is 1.33. The monoisotopic (exact) mass is 369 g/mol. The molecule has 0 fully saturated rings. The van der Waals surface area contributed by atoms with E-state index in [2.05, 4.69) is 10.1 Å². The molecule has 27 heavy (non-hydrogen) atoms. The average Bonchev–Trinajstić information content (AvgIpc) is 2.71. The van der Waals surface area contributed by atoms with Crippen molar-refractivity contribution in [3.05, 3.63) is 65.7 Å². The van der Waals surface area contributed by atoms with Crippen LogP contribution < -0.4 is 5.32 Å². The Kier molecular flexibility index (Phi) is 7.25. The van der Waals surface area contributed by atoms with Crippen LogP contribution in [0, 0.1) is 0 Å². The third-order valence-corrected chi connectivity index (χ3v) is 3.61. The van der Waals surface area contributed by atoms with Crippen LogP contribution in [0.2, 0.25) is 0 Å². The Morgan fingerprint density at radius 3 is 2.15 bits per heavy atom. The van der Waals surface area contributed by atoms with E-state index >= 15 is 0 Å². The lowest BCUT2D eigenvalue weighted by Crippen LogP contribution is -2.21. The van der Waals surface area contributed by atoms with Gasteiger partial charge in [-0.05, 0) is 24.3 Å². The third-order valence-electron chi connectivity index (χ3n) is 3.61. The molecule has 0 radical (unpaired) electrons. The molecule has 7 heteroatoms. The fraction of sp³-hybridized carbons (Fsp3) is 0.200. The van der Waals surface area contributed by atoms with Gasteiger partial charge in [0.05, 0.1) is 19.1 Å². The summed E-state index contributed by atoms with van der Waals surface area (Å²) in [6, 6.07) is 14.7. The summed E-state index contributed by atoms with van der Waals surface area (Å²) in [7, 11) is 1.28. The highest BCUT2D eigenvalue weighted by atomic mass is 16.5. The van der Waals surface area contributed by atoms with E-state index in [1.807, 2.05) is 0 Å². The number of Topliss-reactive ketones (excluding diaryl/α,β-unsaturated/α-hetero) is 1. The van der Waals surface area contributed by atoms with Gasteiger partial charge in [0.1, 0.15) is 0 Å². The second kappa shape index (κ2) is 9.86. The number of nitrogens with one attached hydrogen (secondary N) is 1. The predicted octanol–water partition coefficient (Wildman–Crippen LogP) is 2.62. The normalized spacial score (nSPS) is 9.96. The quantitative estimate of drug-likeness (QED) is 0.567. The van der Waals surface area contributed by atoms with Crippen molar-refractivity contribution in [1.82, 2.24) is 0 Å². The highest BCUT2D eigenvalue weighted by molar-refractivity contribution is 5.98. The number of anilines is 1. The molecule has 0 aliphatic carbocycles. The summed E-state index contributed by atoms with van der Waals surface area (Å²) < 4.78 is 9.45. The van der Waals surface area contributed by atoms with Crippen molar-refractivity contribution in [3.63, 3.8) is 0 Å². The number of esters is 2. The van der Waals surface area contributed by atoms with Gasteiger partial charge in [-0.3, -0.25) is 14.4 Å². The minimum absolute atomic E-state index is 0.0133. The fourth-order valence-electron chi connectivity index (χ4n) is 2.21. The molecule has 0 atom stereocenters. The summed E-state index contributed by atoms with van der Waals surface area (Å²) in [5.74, 6) is -1.80. The molecule has 0 unspecified atom stereocenters. The Morgan fingerprint density at radius 2 is 1.52 bits per heavy atom. The van der Waals surface area contributed by atoms with E-state index in [-0.39, 0.29) is 18.6 Å². The molecule has 0 aliphatic rings. The van der Waals surface area contributed by atoms with Crippen LogP contribution in [0.4, 0.5) is 5.69 Å². The van der Waals surface area contributed by atoms with Gasteiger partial charge in [0.25, 0.3) is 5.91 Å². The first-order valence-electron chi connectivity index (χ1n) is 8.21. The molecule has 7 nitrogen and oxygen atoms in total. The molecule has 0 heterocycles. The van der Waals surface area contributed by atoms with Crippen molar-refractivity contribution >= 4 is 29.3 Å². The second-order valence-corrected chi connectivity index (χ2v) is 5.57. The number of ether oxygens (including phenoxy) is 2. The molecule has 1 N–H and O–H groups in total. The molecular weight excluding hydrogens is 350 g/mol. The standard InChI is InChI=1S/C20H19NO6/c1-26-20(25)15-7-9-16(10-8-15)21-18(23)13-27-19(24)12-11-17(22)14-5-3-2-4-6-14/h2-10H,11-13H2,1H3,(H,21,23). The third kappa shape index (κ3) is 6.39. The number of carbonyl (C=O) groups is 4. The molecule has 0 saturated carbocycles. The average molecular weight is 369 g/mol. The van der Waals surface area contributed by atoms with Gasteiger partial charge in [-0.25, -0.2) is 4.79 Å². The number of amides is 1. The van der Waals surface area contributed by atoms with Gasteiger partial charge in [0, 0.05) is 17.7 Å². The van der Waals surface area contributed by atoms with E-state index in [4.69, 9.17) is 4.74 Å². The van der Waals surface area contributed by atoms with Crippen molar-refractivity contribution in [1.29, 1.82) is 0 Å². The first-order valence-corrected chi connectivity index (χ1v) is 8.21. The fourth-order valence-corrected chi connectivity index (χ4v) is 2.21. The van der Waals surface area contributed by atoms with Crippen LogP contribution in [0.15, 0.2) is 54.6 Å². The van der Waals surface area contributed by atoms with Gasteiger partial charge in [-0.2, -0.15) is 0 Å². The van der Waals surface area contributed by atoms with Crippen LogP contribution >= 0.6 is 0 Å². The maximum absolute atomic E-state index is 11.9. The van der Waals surface area contributed by atoms with E-state index in [9.17, 15) is 19.2 Å². The van der Waals surface area contributed by atoms with Crippen molar-refractivity contribution < 1.29 is 28.7 Å². The zero-order valence-electron chi connectivity index (χ0n) is 14.8. The smallest absolute Gasteiger partial charge is 0.337 e. The molecule has 0 bridgehead atoms. The number of ketones is 1. The first kappa shape index (κ1) is 19.8. The molecular formula is C20H19NO6. The molecule has 0 saturated heterocycles. The zero-order chi connectivity index (χ0) is 19.6. The molecule has 1 amide bonds. The van der Waals surface area contributed by atoms with E-state index in [1.54, 1.807) is 30.3 Å². The molecule has 140 valence electrons. The van der Waals surface area contributed by atoms with Crippen molar-refractivity contribution in [2.75, 3.05) is 19.0 Å². The van der Waals surface area contributed by atoms with Gasteiger partial charge in [-0.1, -0.05) is 30.3 Å². The topological polar surface area (TPSA) is 98.8 Å². The molecule has 0 spiro atoms. The predicted molar refractivity (Wildman–Crippen MR) is 97.4 cm³/mol. The Bertz CT molecular complexity index is 814. The van der Waals surface area contributed by atoms with Gasteiger partial charge < -0.3 is 14.8 Å². The van der Waals surface area contributed by atoms with E-state index in [0.29, 0.717) is 16.8 Å². The van der Waals surface area contributed by atoms with E-state index in [1.165, 1.54) is 31.4 Å². The number of methoxy groups -OCH3 is 1. The van der Waals surface area contributed by atoms with Crippen molar-refractivity contribution in [3.8, 4) is 0 Å². The lowest BCUT2D eigenvalue weighted by Gasteiger charge is -2.07. The van der Waals surface area contributed by atoms with Crippen LogP contribution in [-0.4, -0.2) is 37.3 Å². The Balaban J connectivity index is 1.72. The zero-order valence-corrected chi connectivity index (χ0v) is 14.8. The SMILES string of the molecule is COC(=O)c1ccc(NC(=O)COC(=O)CCC(=O)c2ccccc2)cc1. The van der Waals surface area contributed by atoms with Gasteiger partial charge in [0.15, 0.2) is 12.4 Å². The maximum Gasteiger partial charge on any atom is 0.337 e. The molecule has 0 aliphatic heterocycles.